The number of ether oxygens (including phenoxy) is 1. The molecule has 1 aromatic heterocycles. The van der Waals surface area contributed by atoms with E-state index in [9.17, 15) is 14.7 Å². The molecule has 0 spiro atoms. The number of rotatable bonds is 5. The summed E-state index contributed by atoms with van der Waals surface area (Å²) in [6.45, 7) is 5.51. The van der Waals surface area contributed by atoms with Crippen LogP contribution in [-0.4, -0.2) is 86.8 Å². The summed E-state index contributed by atoms with van der Waals surface area (Å²) >= 11 is 0. The molecule has 1 saturated carbocycles. The molecule has 1 aliphatic heterocycles. The number of carbonyl (C=O) groups excluding carboxylic acids is 2. The van der Waals surface area contributed by atoms with E-state index in [1.165, 1.54) is 6.42 Å². The summed E-state index contributed by atoms with van der Waals surface area (Å²) in [5.41, 5.74) is 0.729. The lowest BCUT2D eigenvalue weighted by molar-refractivity contribution is -0.136. The zero-order valence-electron chi connectivity index (χ0n) is 20.3. The molecule has 2 N–H and O–H groups in total. The summed E-state index contributed by atoms with van der Waals surface area (Å²) in [5.74, 6) is -0.0474. The molecule has 1 aromatic rings. The van der Waals surface area contributed by atoms with E-state index in [0.29, 0.717) is 32.5 Å². The third-order valence-electron chi connectivity index (χ3n) is 6.78. The molecule has 3 rings (SSSR count). The Morgan fingerprint density at radius 2 is 2.09 bits per heavy atom. The fourth-order valence-corrected chi connectivity index (χ4v) is 4.58. The molecule has 1 fully saturated rings. The van der Waals surface area contributed by atoms with Gasteiger partial charge < -0.3 is 25.0 Å². The van der Waals surface area contributed by atoms with Crippen LogP contribution < -0.4 is 5.32 Å². The second kappa shape index (κ2) is 12.3. The molecule has 1 aliphatic carbocycles. The molecule has 33 heavy (non-hydrogen) atoms. The van der Waals surface area contributed by atoms with Crippen LogP contribution in [0.3, 0.4) is 0 Å². The smallest absolute Gasteiger partial charge is 0.317 e. The quantitative estimate of drug-likeness (QED) is 0.687. The maximum absolute atomic E-state index is 12.9. The average molecular weight is 465 g/mol. The van der Waals surface area contributed by atoms with Crippen molar-refractivity contribution in [3.63, 3.8) is 0 Å². The summed E-state index contributed by atoms with van der Waals surface area (Å²) in [7, 11) is 1.78. The molecule has 0 saturated heterocycles. The minimum atomic E-state index is -0.306. The third kappa shape index (κ3) is 7.40. The van der Waals surface area contributed by atoms with Crippen molar-refractivity contribution < 1.29 is 19.4 Å². The summed E-state index contributed by atoms with van der Waals surface area (Å²) in [5, 5.41) is 21.2. The van der Waals surface area contributed by atoms with E-state index >= 15 is 0 Å². The van der Waals surface area contributed by atoms with Crippen molar-refractivity contribution in [2.45, 2.75) is 90.1 Å². The van der Waals surface area contributed by atoms with Crippen molar-refractivity contribution in [2.24, 2.45) is 5.92 Å². The van der Waals surface area contributed by atoms with E-state index in [4.69, 9.17) is 4.74 Å². The maximum atomic E-state index is 12.9. The first kappa shape index (κ1) is 25.4. The van der Waals surface area contributed by atoms with Crippen molar-refractivity contribution in [1.29, 1.82) is 0 Å². The van der Waals surface area contributed by atoms with Gasteiger partial charge >= 0.3 is 6.03 Å². The molecule has 2 heterocycles. The van der Waals surface area contributed by atoms with Crippen LogP contribution in [0.25, 0.3) is 0 Å². The van der Waals surface area contributed by atoms with Crippen LogP contribution in [0.5, 0.6) is 0 Å². The van der Waals surface area contributed by atoms with E-state index in [1.54, 1.807) is 21.5 Å². The van der Waals surface area contributed by atoms with E-state index in [-0.39, 0.29) is 49.3 Å². The zero-order chi connectivity index (χ0) is 23.8. The number of carbonyl (C=O) groups is 2. The minimum Gasteiger partial charge on any atom is -0.394 e. The zero-order valence-corrected chi connectivity index (χ0v) is 20.3. The van der Waals surface area contributed by atoms with Crippen LogP contribution >= 0.6 is 0 Å². The molecule has 10 nitrogen and oxygen atoms in total. The Hall–Kier alpha value is -2.20. The molecule has 2 bridgehead atoms. The molecule has 2 aliphatic rings. The highest BCUT2D eigenvalue weighted by atomic mass is 16.5. The van der Waals surface area contributed by atoms with Crippen LogP contribution in [0.15, 0.2) is 6.20 Å². The van der Waals surface area contributed by atoms with Crippen LogP contribution in [0.2, 0.25) is 0 Å². The number of likely N-dealkylation sites (N-methyl/N-ethyl adjacent to an activating group) is 1. The molecular formula is C23H40N6O4. The first-order valence-electron chi connectivity index (χ1n) is 12.3. The van der Waals surface area contributed by atoms with Crippen LogP contribution in [0.1, 0.15) is 64.5 Å². The van der Waals surface area contributed by atoms with Gasteiger partial charge in [-0.3, -0.25) is 9.48 Å². The first-order chi connectivity index (χ1) is 15.9. The van der Waals surface area contributed by atoms with Gasteiger partial charge in [-0.1, -0.05) is 31.4 Å². The highest BCUT2D eigenvalue weighted by molar-refractivity contribution is 5.76. The van der Waals surface area contributed by atoms with Gasteiger partial charge in [0.05, 0.1) is 31.6 Å². The topological polar surface area (TPSA) is 113 Å². The van der Waals surface area contributed by atoms with Crippen molar-refractivity contribution in [3.8, 4) is 0 Å². The van der Waals surface area contributed by atoms with Crippen LogP contribution in [0, 0.1) is 5.92 Å². The van der Waals surface area contributed by atoms with Crippen LogP contribution in [-0.2, 0) is 22.7 Å². The predicted molar refractivity (Wildman–Crippen MR) is 123 cm³/mol. The van der Waals surface area contributed by atoms with Gasteiger partial charge in [-0.25, -0.2) is 4.79 Å². The summed E-state index contributed by atoms with van der Waals surface area (Å²) in [4.78, 5) is 29.2. The minimum absolute atomic E-state index is 0.00475. The normalized spacial score (nSPS) is 24.4. The maximum Gasteiger partial charge on any atom is 0.317 e. The Bertz CT molecular complexity index is 766. The number of hydrogen-bond acceptors (Lipinski definition) is 6. The number of amides is 3. The Kier molecular flexibility index (Phi) is 9.49. The lowest BCUT2D eigenvalue weighted by atomic mass is 9.96. The third-order valence-corrected chi connectivity index (χ3v) is 6.78. The molecule has 0 radical (unpaired) electrons. The molecule has 0 unspecified atom stereocenters. The fraction of sp³-hybridized carbons (Fsp3) is 0.826. The van der Waals surface area contributed by atoms with Crippen molar-refractivity contribution in [2.75, 3.05) is 26.7 Å². The SMILES string of the molecule is C[C@@H]1CN([C@H](C)CO)C(=O)CCCn2cc(nn2)CO[C@H]1CN(C)C(=O)NC1CCCCC1. The number of aliphatic hydroxyl groups is 1. The predicted octanol–water partition coefficient (Wildman–Crippen LogP) is 1.78. The number of aromatic nitrogens is 3. The van der Waals surface area contributed by atoms with Gasteiger partial charge in [-0.15, -0.1) is 5.10 Å². The second-order valence-electron chi connectivity index (χ2n) is 9.65. The van der Waals surface area contributed by atoms with E-state index in [1.807, 2.05) is 20.0 Å². The summed E-state index contributed by atoms with van der Waals surface area (Å²) in [6, 6.07) is -0.140. The van der Waals surface area contributed by atoms with Gasteiger partial charge in [0.2, 0.25) is 5.91 Å². The number of aliphatic hydroxyl groups excluding tert-OH is 1. The molecule has 3 amide bonds. The van der Waals surface area contributed by atoms with Crippen molar-refractivity contribution in [3.05, 3.63) is 11.9 Å². The Morgan fingerprint density at radius 3 is 2.82 bits per heavy atom. The lowest BCUT2D eigenvalue weighted by Crippen LogP contribution is -2.50. The van der Waals surface area contributed by atoms with E-state index in [0.717, 1.165) is 31.4 Å². The molecule has 0 aromatic carbocycles. The number of nitrogens with zero attached hydrogens (tertiary/aromatic N) is 5. The van der Waals surface area contributed by atoms with Crippen molar-refractivity contribution >= 4 is 11.9 Å². The largest absolute Gasteiger partial charge is 0.394 e. The lowest BCUT2D eigenvalue weighted by Gasteiger charge is -2.35. The van der Waals surface area contributed by atoms with Gasteiger partial charge in [-0.05, 0) is 26.2 Å². The van der Waals surface area contributed by atoms with E-state index in [2.05, 4.69) is 15.6 Å². The number of urea groups is 1. The molecule has 10 heteroatoms. The second-order valence-corrected chi connectivity index (χ2v) is 9.65. The van der Waals surface area contributed by atoms with Gasteiger partial charge in [0.1, 0.15) is 5.69 Å². The number of nitrogens with one attached hydrogen (secondary N) is 1. The molecule has 186 valence electrons. The fourth-order valence-electron chi connectivity index (χ4n) is 4.58. The molecule has 3 atom stereocenters. The monoisotopic (exact) mass is 464 g/mol. The highest BCUT2D eigenvalue weighted by Gasteiger charge is 2.29. The summed E-state index contributed by atoms with van der Waals surface area (Å²) < 4.78 is 7.96. The highest BCUT2D eigenvalue weighted by Crippen LogP contribution is 2.19. The number of hydrogen-bond donors (Lipinski definition) is 2. The molecular weight excluding hydrogens is 424 g/mol. The van der Waals surface area contributed by atoms with Crippen molar-refractivity contribution in [1.82, 2.24) is 30.1 Å². The average Bonchev–Trinajstić information content (AvgIpc) is 3.27. The Morgan fingerprint density at radius 1 is 1.33 bits per heavy atom. The van der Waals surface area contributed by atoms with Gasteiger partial charge in [0.25, 0.3) is 0 Å². The van der Waals surface area contributed by atoms with Crippen LogP contribution in [0.4, 0.5) is 4.79 Å². The first-order valence-corrected chi connectivity index (χ1v) is 12.3. The Labute approximate surface area is 196 Å². The van der Waals surface area contributed by atoms with Gasteiger partial charge in [0.15, 0.2) is 0 Å². The number of aryl methyl sites for hydroxylation is 1. The number of fused-ring (bicyclic) bond motifs is 2. The van der Waals surface area contributed by atoms with Gasteiger partial charge in [0, 0.05) is 45.1 Å². The standard InChI is InChI=1S/C23H40N6O4/c1-17-12-29(18(2)15-30)22(31)10-7-11-28-13-20(25-26-28)16-33-21(17)14-27(3)23(32)24-19-8-5-4-6-9-19/h13,17-19,21,30H,4-12,14-16H2,1-3H3,(H,24,32)/t17-,18-,21+/m1/s1. The summed E-state index contributed by atoms with van der Waals surface area (Å²) in [6.07, 6.45) is 8.18. The Balaban J connectivity index is 1.71. The van der Waals surface area contributed by atoms with Gasteiger partial charge in [-0.2, -0.15) is 0 Å². The van der Waals surface area contributed by atoms with E-state index < -0.39 is 0 Å².